The molecule has 0 amide bonds. The molecule has 0 saturated carbocycles. The van der Waals surface area contributed by atoms with Crippen LogP contribution in [-0.4, -0.2) is 75.7 Å². The van der Waals surface area contributed by atoms with Crippen molar-refractivity contribution in [3.63, 3.8) is 0 Å². The molecule has 23 heavy (non-hydrogen) atoms. The van der Waals surface area contributed by atoms with Gasteiger partial charge in [0.05, 0.1) is 0 Å². The molecule has 13 heteroatoms. The summed E-state index contributed by atoms with van der Waals surface area (Å²) in [6.07, 6.45) is 0. The second-order valence-electron chi connectivity index (χ2n) is 2.92. The maximum absolute atomic E-state index is 8.03. The first-order valence-electron chi connectivity index (χ1n) is 5.05. The van der Waals surface area contributed by atoms with E-state index in [2.05, 4.69) is 52.6 Å². The molecule has 0 saturated heterocycles. The van der Waals surface area contributed by atoms with Gasteiger partial charge in [0.1, 0.15) is 22.8 Å². The van der Waals surface area contributed by atoms with Crippen LogP contribution in [0.3, 0.4) is 0 Å². The Labute approximate surface area is 161 Å². The van der Waals surface area contributed by atoms with Gasteiger partial charge in [-0.1, -0.05) is 20.6 Å². The van der Waals surface area contributed by atoms with Crippen molar-refractivity contribution in [2.45, 2.75) is 27.7 Å². The van der Waals surface area contributed by atoms with Gasteiger partial charge in [-0.25, -0.2) is 0 Å². The maximum atomic E-state index is 8.03. The van der Waals surface area contributed by atoms with Crippen molar-refractivity contribution in [3.8, 4) is 9.94 Å². The second-order valence-corrected chi connectivity index (χ2v) is 3.69. The molecule has 0 fully saturated rings. The molecule has 10 nitrogen and oxygen atoms in total. The molecule has 4 N–H and O–H groups in total. The molecule has 0 rings (SSSR count). The van der Waals surface area contributed by atoms with E-state index in [1.807, 2.05) is 0 Å². The largest absolute Gasteiger partial charge is 0 e. The molecule has 0 aromatic rings. The van der Waals surface area contributed by atoms with Crippen molar-refractivity contribution >= 4 is 54.9 Å². The number of oxime groups is 4. The van der Waals surface area contributed by atoms with Gasteiger partial charge in [0, 0.05) is 16.8 Å². The minimum absolute atomic E-state index is 0. The summed E-state index contributed by atoms with van der Waals surface area (Å²) in [4.78, 5) is 3.25. The first-order valence-corrected chi connectivity index (χ1v) is 6.76. The Morgan fingerprint density at radius 2 is 0.739 bits per heavy atom. The van der Waals surface area contributed by atoms with Crippen molar-refractivity contribution in [2.24, 2.45) is 20.6 Å². The quantitative estimate of drug-likeness (QED) is 0.187. The molecule has 0 aliphatic heterocycles. The molecule has 0 heterocycles. The number of rotatable bonds is 2. The van der Waals surface area contributed by atoms with E-state index in [-0.39, 0.29) is 16.8 Å². The molecular formula is C10H16CoN6O4Se2. The van der Waals surface area contributed by atoms with E-state index in [4.69, 9.17) is 31.4 Å². The number of nitrogens with zero attached hydrogens (tertiary/aromatic N) is 6. The molecule has 3 radical (unpaired) electrons. The molecule has 0 atom stereocenters. The Hall–Kier alpha value is -1.59. The fourth-order valence-corrected chi connectivity index (χ4v) is 0.289. The van der Waals surface area contributed by atoms with Crippen LogP contribution in [0, 0.1) is 20.5 Å². The fraction of sp³-hybridized carbons (Fsp3) is 0.400. The van der Waals surface area contributed by atoms with Crippen LogP contribution in [-0.2, 0) is 16.8 Å². The van der Waals surface area contributed by atoms with Crippen LogP contribution in [0.1, 0.15) is 27.7 Å². The molecule has 0 spiro atoms. The van der Waals surface area contributed by atoms with Gasteiger partial charge in [-0.05, 0) is 27.7 Å². The standard InChI is InChI=1S/2C4H8N2O2.2CNSe.Co/c2*1-3(5-7)4(2)6-8;2*2-1-3;/h2*7-8H,1-2H3;;;/b2*5-3+,6-4+;;;. The minimum Gasteiger partial charge on any atom is 0 e. The zero-order valence-electron chi connectivity index (χ0n) is 12.6. The van der Waals surface area contributed by atoms with E-state index in [1.54, 1.807) is 9.94 Å². The van der Waals surface area contributed by atoms with Crippen molar-refractivity contribution in [2.75, 3.05) is 0 Å². The molecule has 131 valence electrons. The van der Waals surface area contributed by atoms with Gasteiger partial charge in [0.2, 0.25) is 0 Å². The Balaban J connectivity index is -0.0000000680. The smallest absolute Gasteiger partial charge is 0 e. The van der Waals surface area contributed by atoms with E-state index >= 15 is 0 Å². The second kappa shape index (κ2) is 28.6. The average Bonchev–Trinajstić information content (AvgIpc) is 2.53. The minimum atomic E-state index is 0. The summed E-state index contributed by atoms with van der Waals surface area (Å²) in [5, 5.41) is 57.8. The van der Waals surface area contributed by atoms with Crippen molar-refractivity contribution < 1.29 is 37.6 Å². The van der Waals surface area contributed by atoms with Crippen LogP contribution in [0.4, 0.5) is 0 Å². The summed E-state index contributed by atoms with van der Waals surface area (Å²) in [5.74, 6) is 0. The molecule has 0 unspecified atom stereocenters. The van der Waals surface area contributed by atoms with E-state index in [0.29, 0.717) is 22.8 Å². The third-order valence-electron chi connectivity index (χ3n) is 1.65. The monoisotopic (exact) mass is 503 g/mol. The topological polar surface area (TPSA) is 178 Å². The first kappa shape index (κ1) is 33.1. The summed E-state index contributed by atoms with van der Waals surface area (Å²) in [6.45, 7) is 6.15. The Bertz CT molecular complexity index is 407. The number of hydrogen-bond donors (Lipinski definition) is 4. The van der Waals surface area contributed by atoms with Gasteiger partial charge >= 0.3 is 52.5 Å². The summed E-state index contributed by atoms with van der Waals surface area (Å²) in [6, 6.07) is 0. The zero-order chi connectivity index (χ0) is 18.6. The van der Waals surface area contributed by atoms with E-state index in [9.17, 15) is 0 Å². The summed E-state index contributed by atoms with van der Waals surface area (Å²) in [5.41, 5.74) is 1.25. The van der Waals surface area contributed by atoms with Crippen molar-refractivity contribution in [3.05, 3.63) is 0 Å². The summed E-state index contributed by atoms with van der Waals surface area (Å²) >= 11 is 4.22. The summed E-state index contributed by atoms with van der Waals surface area (Å²) in [7, 11) is 0. The van der Waals surface area contributed by atoms with E-state index in [0.717, 1.165) is 0 Å². The maximum Gasteiger partial charge on any atom is 0 e. The van der Waals surface area contributed by atoms with Crippen molar-refractivity contribution in [1.82, 2.24) is 0 Å². The molecule has 0 aromatic carbocycles. The van der Waals surface area contributed by atoms with E-state index < -0.39 is 0 Å². The van der Waals surface area contributed by atoms with Crippen LogP contribution in [0.15, 0.2) is 20.6 Å². The van der Waals surface area contributed by atoms with Crippen LogP contribution in [0.25, 0.3) is 0 Å². The van der Waals surface area contributed by atoms with Gasteiger partial charge in [-0.15, -0.1) is 0 Å². The van der Waals surface area contributed by atoms with Crippen molar-refractivity contribution in [1.29, 1.82) is 10.5 Å². The molecule has 0 bridgehead atoms. The Morgan fingerprint density at radius 1 is 0.652 bits per heavy atom. The Morgan fingerprint density at radius 3 is 0.783 bits per heavy atom. The third-order valence-corrected chi connectivity index (χ3v) is 1.65. The van der Waals surface area contributed by atoms with Gasteiger partial charge in [-0.2, -0.15) is 0 Å². The number of hydrogen-bond acceptors (Lipinski definition) is 10. The summed E-state index contributed by atoms with van der Waals surface area (Å²) < 4.78 is 0. The molecular weight excluding hydrogens is 485 g/mol. The predicted octanol–water partition coefficient (Wildman–Crippen LogP) is 0.643. The van der Waals surface area contributed by atoms with Gasteiger partial charge < -0.3 is 20.8 Å². The fourth-order valence-electron chi connectivity index (χ4n) is 0.289. The first-order chi connectivity index (χ1) is 10.3. The zero-order valence-corrected chi connectivity index (χ0v) is 17.1. The van der Waals surface area contributed by atoms with Gasteiger partial charge in [0.15, 0.2) is 0 Å². The van der Waals surface area contributed by atoms with Crippen LogP contribution in [0.5, 0.6) is 0 Å². The third kappa shape index (κ3) is 33.3. The van der Waals surface area contributed by atoms with E-state index in [1.165, 1.54) is 27.7 Å². The van der Waals surface area contributed by atoms with Crippen LogP contribution >= 0.6 is 0 Å². The Kier molecular flexibility index (Phi) is 41.1. The van der Waals surface area contributed by atoms with Gasteiger partial charge in [0.25, 0.3) is 0 Å². The molecule has 0 aliphatic rings. The molecule has 0 aliphatic carbocycles. The molecule has 0 aromatic heterocycles. The van der Waals surface area contributed by atoms with Crippen LogP contribution in [0.2, 0.25) is 0 Å². The number of nitriles is 2. The average molecular weight is 501 g/mol. The normalized spacial score (nSPS) is 10.5. The van der Waals surface area contributed by atoms with Gasteiger partial charge in [-0.3, -0.25) is 0 Å². The SMILES string of the molecule is CC(=N\O)/C(C)=N/O.CC(=N\O)/C(C)=N/O.N#C[Se].N#C[Se].[Co]. The van der Waals surface area contributed by atoms with Crippen LogP contribution < -0.4 is 0 Å². The predicted molar refractivity (Wildman–Crippen MR) is 82.3 cm³/mol.